The van der Waals surface area contributed by atoms with Gasteiger partial charge in [-0.1, -0.05) is 36.4 Å². The number of halogens is 1. The van der Waals surface area contributed by atoms with Crippen molar-refractivity contribution < 1.29 is 23.5 Å². The predicted molar refractivity (Wildman–Crippen MR) is 170 cm³/mol. The average molecular weight is 614 g/mol. The minimum absolute atomic E-state index is 0.158. The number of nitrogens with one attached hydrogen (secondary N) is 1. The van der Waals surface area contributed by atoms with Gasteiger partial charge in [-0.2, -0.15) is 0 Å². The van der Waals surface area contributed by atoms with Crippen molar-refractivity contribution in [1.29, 1.82) is 0 Å². The second-order valence-electron chi connectivity index (χ2n) is 12.2. The van der Waals surface area contributed by atoms with Crippen molar-refractivity contribution >= 4 is 17.5 Å². The number of hydrogen-bond acceptors (Lipinski definition) is 7. The molecule has 1 aliphatic rings. The Balaban J connectivity index is 1.32. The molecule has 0 aliphatic carbocycles. The third kappa shape index (κ3) is 7.75. The number of oxazole rings is 1. The van der Waals surface area contributed by atoms with E-state index in [4.69, 9.17) is 4.42 Å². The van der Waals surface area contributed by atoms with Crippen molar-refractivity contribution in [3.63, 3.8) is 0 Å². The van der Waals surface area contributed by atoms with Crippen LogP contribution in [0.3, 0.4) is 0 Å². The second-order valence-corrected chi connectivity index (χ2v) is 12.2. The molecule has 45 heavy (non-hydrogen) atoms. The maximum Gasteiger partial charge on any atom is 0.254 e. The maximum atomic E-state index is 14.6. The summed E-state index contributed by atoms with van der Waals surface area (Å²) < 4.78 is 20.2. The van der Waals surface area contributed by atoms with Crippen LogP contribution in [0.25, 0.3) is 0 Å². The molecule has 1 fully saturated rings. The number of likely N-dealkylation sites (tertiary alicyclic amines) is 1. The fourth-order valence-corrected chi connectivity index (χ4v) is 5.63. The fraction of sp³-hybridized carbons (Fsp3) is 0.371. The third-order valence-electron chi connectivity index (χ3n) is 8.20. The summed E-state index contributed by atoms with van der Waals surface area (Å²) in [5.41, 5.74) is 1.92. The van der Waals surface area contributed by atoms with Crippen LogP contribution < -0.4 is 10.2 Å². The number of aliphatic hydroxyl groups is 1. The summed E-state index contributed by atoms with van der Waals surface area (Å²) in [5, 5.41) is 14.4. The smallest absolute Gasteiger partial charge is 0.254 e. The number of carbonyl (C=O) groups excluding carboxylic acids is 2. The average Bonchev–Trinajstić information content (AvgIpc) is 3.69. The molecule has 2 amide bonds. The highest BCUT2D eigenvalue weighted by Gasteiger charge is 2.34. The standard InChI is InChI=1S/C35H40FN5O4/c1-23-22-45-33(38-23)30-14-9-15-41(30)34(44)26-13-8-12-25(17-26)32(43)39-29(16-24-10-6-5-7-11-24)31(42)21-40(4)28-18-27(19-37-20-28)35(2,3)36/h5-8,10-13,17-20,22,29-31,42H,9,14-16,21H2,1-4H3,(H,39,43)/t29-,30+,31+/m0/s1. The highest BCUT2D eigenvalue weighted by Crippen LogP contribution is 2.33. The lowest BCUT2D eigenvalue weighted by molar-refractivity contribution is 0.0715. The van der Waals surface area contributed by atoms with E-state index in [0.29, 0.717) is 41.2 Å². The normalized spacial score (nSPS) is 16.3. The lowest BCUT2D eigenvalue weighted by Crippen LogP contribution is -2.49. The maximum absolute atomic E-state index is 14.6. The molecule has 0 spiro atoms. The van der Waals surface area contributed by atoms with Gasteiger partial charge in [0.2, 0.25) is 5.89 Å². The zero-order valence-electron chi connectivity index (χ0n) is 26.1. The summed E-state index contributed by atoms with van der Waals surface area (Å²) in [5.74, 6) is -0.0832. The molecule has 2 aromatic carbocycles. The molecule has 2 N–H and O–H groups in total. The first-order valence-corrected chi connectivity index (χ1v) is 15.2. The van der Waals surface area contributed by atoms with Crippen molar-refractivity contribution in [2.45, 2.75) is 63.9 Å². The lowest BCUT2D eigenvalue weighted by atomic mass is 9.99. The Labute approximate surface area is 263 Å². The Kier molecular flexibility index (Phi) is 9.63. The fourth-order valence-electron chi connectivity index (χ4n) is 5.63. The van der Waals surface area contributed by atoms with Gasteiger partial charge in [0.1, 0.15) is 18.0 Å². The molecule has 0 radical (unpaired) electrons. The van der Waals surface area contributed by atoms with Gasteiger partial charge in [0.05, 0.1) is 29.7 Å². The number of aryl methyl sites for hydroxylation is 1. The Morgan fingerprint density at radius 3 is 2.60 bits per heavy atom. The van der Waals surface area contributed by atoms with Gasteiger partial charge in [0.25, 0.3) is 11.8 Å². The molecular formula is C35H40FN5O4. The zero-order chi connectivity index (χ0) is 32.1. The third-order valence-corrected chi connectivity index (χ3v) is 8.20. The van der Waals surface area contributed by atoms with Crippen molar-refractivity contribution in [2.75, 3.05) is 25.0 Å². The monoisotopic (exact) mass is 613 g/mol. The van der Waals surface area contributed by atoms with Gasteiger partial charge in [0, 0.05) is 43.0 Å². The summed E-state index contributed by atoms with van der Waals surface area (Å²) in [6.45, 7) is 5.51. The minimum atomic E-state index is -1.56. The molecule has 236 valence electrons. The van der Waals surface area contributed by atoms with Crippen LogP contribution in [-0.4, -0.2) is 64.1 Å². The van der Waals surface area contributed by atoms with Gasteiger partial charge < -0.3 is 24.6 Å². The number of nitrogens with zero attached hydrogens (tertiary/aromatic N) is 4. The number of alkyl halides is 1. The van der Waals surface area contributed by atoms with Gasteiger partial charge in [-0.05, 0) is 69.9 Å². The summed E-state index contributed by atoms with van der Waals surface area (Å²) in [6.07, 6.45) is 5.66. The number of aliphatic hydroxyl groups excluding tert-OH is 1. The van der Waals surface area contributed by atoms with Crippen molar-refractivity contribution in [3.05, 3.63) is 113 Å². The summed E-state index contributed by atoms with van der Waals surface area (Å²) in [4.78, 5) is 39.3. The largest absolute Gasteiger partial charge is 0.446 e. The van der Waals surface area contributed by atoms with E-state index < -0.39 is 23.7 Å². The molecule has 0 saturated carbocycles. The van der Waals surface area contributed by atoms with E-state index in [9.17, 15) is 19.1 Å². The highest BCUT2D eigenvalue weighted by atomic mass is 19.1. The number of likely N-dealkylation sites (N-methyl/N-ethyl adjacent to an activating group) is 1. The van der Waals surface area contributed by atoms with Crippen LogP contribution in [0.1, 0.15) is 76.2 Å². The molecule has 5 rings (SSSR count). The molecule has 9 nitrogen and oxygen atoms in total. The van der Waals surface area contributed by atoms with Crippen LogP contribution in [0.2, 0.25) is 0 Å². The Morgan fingerprint density at radius 2 is 1.89 bits per heavy atom. The molecular weight excluding hydrogens is 573 g/mol. The number of rotatable bonds is 11. The van der Waals surface area contributed by atoms with Crippen molar-refractivity contribution in [3.8, 4) is 0 Å². The molecule has 0 unspecified atom stereocenters. The summed E-state index contributed by atoms with van der Waals surface area (Å²) >= 11 is 0. The second kappa shape index (κ2) is 13.6. The topological polar surface area (TPSA) is 112 Å². The minimum Gasteiger partial charge on any atom is -0.446 e. The molecule has 1 aliphatic heterocycles. The highest BCUT2D eigenvalue weighted by molar-refractivity contribution is 6.00. The van der Waals surface area contributed by atoms with Gasteiger partial charge in [-0.3, -0.25) is 14.6 Å². The van der Waals surface area contributed by atoms with E-state index >= 15 is 0 Å². The number of pyridine rings is 1. The van der Waals surface area contributed by atoms with E-state index in [-0.39, 0.29) is 18.5 Å². The molecule has 0 bridgehead atoms. The number of hydrogen-bond donors (Lipinski definition) is 2. The number of amides is 2. The SMILES string of the molecule is Cc1coc([C@H]2CCCN2C(=O)c2cccc(C(=O)N[C@@H](Cc3ccccc3)[C@H](O)CN(C)c3cncc(C(C)(C)F)c3)c2)n1. The van der Waals surface area contributed by atoms with Crippen molar-refractivity contribution in [2.24, 2.45) is 0 Å². The zero-order valence-corrected chi connectivity index (χ0v) is 26.1. The van der Waals surface area contributed by atoms with E-state index in [2.05, 4.69) is 15.3 Å². The number of anilines is 1. The summed E-state index contributed by atoms with van der Waals surface area (Å²) in [7, 11) is 1.79. The number of benzene rings is 2. The van der Waals surface area contributed by atoms with Crippen LogP contribution in [0.4, 0.5) is 10.1 Å². The van der Waals surface area contributed by atoms with Crippen LogP contribution in [0.5, 0.6) is 0 Å². The Hall–Kier alpha value is -4.57. The number of aromatic nitrogens is 2. The predicted octanol–water partition coefficient (Wildman–Crippen LogP) is 5.40. The van der Waals surface area contributed by atoms with Gasteiger partial charge in [-0.15, -0.1) is 0 Å². The van der Waals surface area contributed by atoms with Gasteiger partial charge in [0.15, 0.2) is 0 Å². The Bertz CT molecular complexity index is 1620. The Morgan fingerprint density at radius 1 is 1.13 bits per heavy atom. The van der Waals surface area contributed by atoms with Gasteiger partial charge in [-0.25, -0.2) is 9.37 Å². The van der Waals surface area contributed by atoms with E-state index in [1.807, 2.05) is 37.3 Å². The number of carbonyl (C=O) groups is 2. The van der Waals surface area contributed by atoms with Crippen LogP contribution in [0, 0.1) is 6.92 Å². The van der Waals surface area contributed by atoms with Crippen LogP contribution in [0.15, 0.2) is 83.7 Å². The first kappa shape index (κ1) is 31.8. The molecule has 10 heteroatoms. The first-order valence-electron chi connectivity index (χ1n) is 15.2. The molecule has 4 aromatic rings. The van der Waals surface area contributed by atoms with Crippen LogP contribution in [-0.2, 0) is 12.1 Å². The summed E-state index contributed by atoms with van der Waals surface area (Å²) in [6, 6.07) is 17.0. The lowest BCUT2D eigenvalue weighted by Gasteiger charge is -2.29. The molecule has 2 aromatic heterocycles. The van der Waals surface area contributed by atoms with Gasteiger partial charge >= 0.3 is 0 Å². The van der Waals surface area contributed by atoms with Crippen molar-refractivity contribution in [1.82, 2.24) is 20.2 Å². The van der Waals surface area contributed by atoms with E-state index in [1.54, 1.807) is 59.6 Å². The van der Waals surface area contributed by atoms with E-state index in [0.717, 1.165) is 24.1 Å². The first-order chi connectivity index (χ1) is 21.5. The van der Waals surface area contributed by atoms with E-state index in [1.165, 1.54) is 20.0 Å². The molecule has 1 saturated heterocycles. The van der Waals surface area contributed by atoms with Crippen LogP contribution >= 0.6 is 0 Å². The molecule has 3 atom stereocenters. The molecule has 3 heterocycles. The quantitative estimate of drug-likeness (QED) is 0.233.